The molecule has 8 heteroatoms. The zero-order valence-corrected chi connectivity index (χ0v) is 13.6. The van der Waals surface area contributed by atoms with Crippen molar-refractivity contribution in [3.05, 3.63) is 53.2 Å². The van der Waals surface area contributed by atoms with Gasteiger partial charge in [0.25, 0.3) is 5.91 Å². The molecule has 3 aromatic rings. The Labute approximate surface area is 143 Å². The van der Waals surface area contributed by atoms with E-state index in [2.05, 4.69) is 20.3 Å². The number of nitrogens with zero attached hydrogens (tertiary/aromatic N) is 6. The number of nitrogens with one attached hydrogen (secondary N) is 1. The van der Waals surface area contributed by atoms with Crippen molar-refractivity contribution in [2.75, 3.05) is 6.54 Å². The lowest BCUT2D eigenvalue weighted by Gasteiger charge is -2.27. The molecule has 0 radical (unpaired) electrons. The number of H-pyrrole nitrogens is 1. The van der Waals surface area contributed by atoms with Crippen molar-refractivity contribution in [1.29, 1.82) is 5.26 Å². The van der Waals surface area contributed by atoms with Gasteiger partial charge in [-0.05, 0) is 23.8 Å². The van der Waals surface area contributed by atoms with Gasteiger partial charge in [0, 0.05) is 38.3 Å². The van der Waals surface area contributed by atoms with Crippen LogP contribution in [0.2, 0.25) is 0 Å². The number of aryl methyl sites for hydroxylation is 1. The van der Waals surface area contributed by atoms with Crippen LogP contribution in [0.3, 0.4) is 0 Å². The number of aromatic nitrogens is 5. The molecule has 0 saturated carbocycles. The summed E-state index contributed by atoms with van der Waals surface area (Å²) in [5.74, 6) is -0.119. The molecule has 0 bridgehead atoms. The van der Waals surface area contributed by atoms with Crippen LogP contribution in [-0.4, -0.2) is 42.3 Å². The number of rotatable bonds is 2. The highest BCUT2D eigenvalue weighted by molar-refractivity contribution is 5.92. The SMILES string of the molecule is Cn1cc(-c2cc3c(nn2)CCN(C(=O)c2ccc(C#N)[nH]2)C3)cn1. The topological polar surface area (TPSA) is 103 Å². The molecule has 0 unspecified atom stereocenters. The summed E-state index contributed by atoms with van der Waals surface area (Å²) in [4.78, 5) is 17.2. The van der Waals surface area contributed by atoms with Crippen molar-refractivity contribution in [3.8, 4) is 17.3 Å². The fourth-order valence-electron chi connectivity index (χ4n) is 2.95. The Kier molecular flexibility index (Phi) is 3.54. The normalized spacial score (nSPS) is 13.4. The Morgan fingerprint density at radius 3 is 2.96 bits per heavy atom. The molecule has 8 nitrogen and oxygen atoms in total. The molecule has 0 saturated heterocycles. The summed E-state index contributed by atoms with van der Waals surface area (Å²) in [5.41, 5.74) is 4.35. The predicted octanol–water partition coefficient (Wildman–Crippen LogP) is 1.28. The summed E-state index contributed by atoms with van der Waals surface area (Å²) in [6, 6.07) is 7.21. The third kappa shape index (κ3) is 2.76. The van der Waals surface area contributed by atoms with Gasteiger partial charge in [0.1, 0.15) is 17.5 Å². The van der Waals surface area contributed by atoms with E-state index in [1.807, 2.05) is 25.4 Å². The van der Waals surface area contributed by atoms with Gasteiger partial charge in [-0.3, -0.25) is 9.48 Å². The number of aromatic amines is 1. The van der Waals surface area contributed by atoms with Crippen LogP contribution in [0, 0.1) is 11.3 Å². The molecular weight excluding hydrogens is 318 g/mol. The van der Waals surface area contributed by atoms with Crippen LogP contribution >= 0.6 is 0 Å². The second-order valence-corrected chi connectivity index (χ2v) is 5.98. The van der Waals surface area contributed by atoms with Crippen molar-refractivity contribution < 1.29 is 4.79 Å². The fourth-order valence-corrected chi connectivity index (χ4v) is 2.95. The zero-order valence-electron chi connectivity index (χ0n) is 13.6. The standard InChI is InChI=1S/C17H15N7O/c1-23-9-12(8-19-23)16-6-11-10-24(5-4-14(11)21-22-16)17(25)15-3-2-13(7-18)20-15/h2-3,6,8-9,20H,4-5,10H2,1H3. The average molecular weight is 333 g/mol. The Balaban J connectivity index is 1.59. The molecule has 3 aromatic heterocycles. The third-order valence-electron chi connectivity index (χ3n) is 4.26. The minimum Gasteiger partial charge on any atom is -0.342 e. The number of carbonyl (C=O) groups is 1. The lowest BCUT2D eigenvalue weighted by atomic mass is 10.0. The number of carbonyl (C=O) groups excluding carboxylic acids is 1. The van der Waals surface area contributed by atoms with E-state index < -0.39 is 0 Å². The summed E-state index contributed by atoms with van der Waals surface area (Å²) < 4.78 is 1.71. The largest absolute Gasteiger partial charge is 0.342 e. The van der Waals surface area contributed by atoms with Gasteiger partial charge in [-0.2, -0.15) is 20.6 Å². The maximum Gasteiger partial charge on any atom is 0.270 e. The molecule has 0 fully saturated rings. The number of amides is 1. The van der Waals surface area contributed by atoms with E-state index in [0.717, 1.165) is 22.5 Å². The highest BCUT2D eigenvalue weighted by atomic mass is 16.2. The van der Waals surface area contributed by atoms with E-state index in [9.17, 15) is 4.79 Å². The van der Waals surface area contributed by atoms with Crippen molar-refractivity contribution in [2.45, 2.75) is 13.0 Å². The van der Waals surface area contributed by atoms with Crippen molar-refractivity contribution in [1.82, 2.24) is 29.9 Å². The first kappa shape index (κ1) is 15.1. The van der Waals surface area contributed by atoms with Gasteiger partial charge < -0.3 is 9.88 Å². The highest BCUT2D eigenvalue weighted by Crippen LogP contribution is 2.23. The summed E-state index contributed by atoms with van der Waals surface area (Å²) in [6.07, 6.45) is 4.28. The van der Waals surface area contributed by atoms with Crippen LogP contribution in [0.15, 0.2) is 30.6 Å². The molecule has 0 atom stereocenters. The van der Waals surface area contributed by atoms with E-state index in [1.165, 1.54) is 0 Å². The number of nitriles is 1. The van der Waals surface area contributed by atoms with Gasteiger partial charge >= 0.3 is 0 Å². The van der Waals surface area contributed by atoms with E-state index in [0.29, 0.717) is 30.9 Å². The van der Waals surface area contributed by atoms with Gasteiger partial charge in [-0.15, -0.1) is 0 Å². The maximum atomic E-state index is 12.6. The molecule has 0 aromatic carbocycles. The van der Waals surface area contributed by atoms with Crippen LogP contribution in [0.5, 0.6) is 0 Å². The molecule has 0 aliphatic carbocycles. The molecule has 4 rings (SSSR count). The quantitative estimate of drug-likeness (QED) is 0.761. The van der Waals surface area contributed by atoms with Crippen LogP contribution < -0.4 is 0 Å². The van der Waals surface area contributed by atoms with Gasteiger partial charge in [-0.1, -0.05) is 0 Å². The summed E-state index contributed by atoms with van der Waals surface area (Å²) in [6.45, 7) is 1.05. The van der Waals surface area contributed by atoms with E-state index in [1.54, 1.807) is 27.9 Å². The molecule has 0 spiro atoms. The van der Waals surface area contributed by atoms with Crippen LogP contribution in [0.25, 0.3) is 11.3 Å². The molecule has 1 amide bonds. The highest BCUT2D eigenvalue weighted by Gasteiger charge is 2.24. The lowest BCUT2D eigenvalue weighted by molar-refractivity contribution is 0.0728. The molecular formula is C17H15N7O. The van der Waals surface area contributed by atoms with E-state index in [4.69, 9.17) is 5.26 Å². The Morgan fingerprint density at radius 2 is 2.24 bits per heavy atom. The molecule has 4 heterocycles. The Bertz CT molecular complexity index is 995. The summed E-state index contributed by atoms with van der Waals surface area (Å²) >= 11 is 0. The van der Waals surface area contributed by atoms with E-state index >= 15 is 0 Å². The minimum absolute atomic E-state index is 0.119. The van der Waals surface area contributed by atoms with Crippen molar-refractivity contribution in [3.63, 3.8) is 0 Å². The minimum atomic E-state index is -0.119. The monoisotopic (exact) mass is 333 g/mol. The third-order valence-corrected chi connectivity index (χ3v) is 4.26. The lowest BCUT2D eigenvalue weighted by Crippen LogP contribution is -2.36. The molecule has 1 aliphatic heterocycles. The van der Waals surface area contributed by atoms with Crippen LogP contribution in [-0.2, 0) is 20.0 Å². The first-order valence-corrected chi connectivity index (χ1v) is 7.87. The average Bonchev–Trinajstić information content (AvgIpc) is 3.29. The molecule has 1 aliphatic rings. The molecule has 1 N–H and O–H groups in total. The predicted molar refractivity (Wildman–Crippen MR) is 88.2 cm³/mol. The molecule has 124 valence electrons. The van der Waals surface area contributed by atoms with Gasteiger partial charge in [0.2, 0.25) is 0 Å². The van der Waals surface area contributed by atoms with Gasteiger partial charge in [0.05, 0.1) is 17.6 Å². The van der Waals surface area contributed by atoms with Crippen molar-refractivity contribution >= 4 is 5.91 Å². The fraction of sp³-hybridized carbons (Fsp3) is 0.235. The second kappa shape index (κ2) is 5.87. The first-order chi connectivity index (χ1) is 12.1. The smallest absolute Gasteiger partial charge is 0.270 e. The first-order valence-electron chi connectivity index (χ1n) is 7.87. The molecule has 25 heavy (non-hydrogen) atoms. The van der Waals surface area contributed by atoms with E-state index in [-0.39, 0.29) is 5.91 Å². The summed E-state index contributed by atoms with van der Waals surface area (Å²) in [7, 11) is 1.85. The Morgan fingerprint density at radius 1 is 1.36 bits per heavy atom. The number of hydrogen-bond acceptors (Lipinski definition) is 5. The maximum absolute atomic E-state index is 12.6. The van der Waals surface area contributed by atoms with Crippen molar-refractivity contribution in [2.24, 2.45) is 7.05 Å². The van der Waals surface area contributed by atoms with Gasteiger partial charge in [-0.25, -0.2) is 0 Å². The van der Waals surface area contributed by atoms with Crippen LogP contribution in [0.1, 0.15) is 27.4 Å². The second-order valence-electron chi connectivity index (χ2n) is 5.98. The van der Waals surface area contributed by atoms with Crippen LogP contribution in [0.4, 0.5) is 0 Å². The Hall–Kier alpha value is -3.47. The summed E-state index contributed by atoms with van der Waals surface area (Å²) in [5, 5.41) is 21.6. The number of hydrogen-bond donors (Lipinski definition) is 1. The number of fused-ring (bicyclic) bond motifs is 1. The van der Waals surface area contributed by atoms with Gasteiger partial charge in [0.15, 0.2) is 0 Å². The zero-order chi connectivity index (χ0) is 17.4.